The molecule has 8 atom stereocenters. The van der Waals surface area contributed by atoms with Crippen molar-refractivity contribution in [2.45, 2.75) is 106 Å². The first-order valence-electron chi connectivity index (χ1n) is 15.8. The van der Waals surface area contributed by atoms with E-state index in [0.717, 1.165) is 31.3 Å². The summed E-state index contributed by atoms with van der Waals surface area (Å²) < 4.78 is 5.30. The summed E-state index contributed by atoms with van der Waals surface area (Å²) in [5.41, 5.74) is -4.36. The van der Waals surface area contributed by atoms with Crippen LogP contribution < -0.4 is 5.32 Å². The number of amides is 1. The van der Waals surface area contributed by atoms with Crippen molar-refractivity contribution >= 4 is 17.5 Å². The summed E-state index contributed by atoms with van der Waals surface area (Å²) in [6.45, 7) is 14.6. The second-order valence-corrected chi connectivity index (χ2v) is 16.1. The summed E-state index contributed by atoms with van der Waals surface area (Å²) in [6.07, 6.45) is 11.3. The van der Waals surface area contributed by atoms with Gasteiger partial charge in [-0.3, -0.25) is 14.4 Å². The van der Waals surface area contributed by atoms with E-state index in [0.29, 0.717) is 25.0 Å². The van der Waals surface area contributed by atoms with Crippen LogP contribution >= 0.6 is 0 Å². The van der Waals surface area contributed by atoms with Crippen molar-refractivity contribution in [2.24, 2.45) is 44.3 Å². The number of carbonyl (C=O) groups excluding carboxylic acids is 3. The molecule has 1 aromatic rings. The first kappa shape index (κ1) is 30.0. The lowest BCUT2D eigenvalue weighted by Gasteiger charge is -2.71. The Morgan fingerprint density at radius 1 is 1.07 bits per heavy atom. The Morgan fingerprint density at radius 3 is 2.42 bits per heavy atom. The molecule has 0 aromatic carbocycles. The van der Waals surface area contributed by atoms with E-state index in [1.54, 1.807) is 12.3 Å². The number of Topliss-reactive ketones (excluding diaryl/α,β-unsaturated/α-hetero) is 1. The van der Waals surface area contributed by atoms with Gasteiger partial charge in [-0.05, 0) is 73.3 Å². The van der Waals surface area contributed by atoms with Gasteiger partial charge >= 0.3 is 0 Å². The van der Waals surface area contributed by atoms with E-state index < -0.39 is 38.6 Å². The number of oxazole rings is 1. The molecule has 3 fully saturated rings. The fraction of sp³-hybridized carbons (Fsp3) is 0.686. The SMILES string of the molecule is CC1(C)C(=O)C(C#N)=C[C@]2(C)C3=CC(=O)[C@]4(O)[C@@H]5C[C@@](C)(C(=O)NCc6cnco6)CC[C@]5(C)CC[C@@]4(C)[C@]3(C)CC[C@@H]12. The maximum atomic E-state index is 14.6. The molecule has 2 N–H and O–H groups in total. The van der Waals surface area contributed by atoms with E-state index in [1.807, 2.05) is 26.8 Å². The number of aliphatic hydroxyl groups is 1. The Morgan fingerprint density at radius 2 is 1.77 bits per heavy atom. The minimum absolute atomic E-state index is 0.0635. The van der Waals surface area contributed by atoms with Crippen LogP contribution in [0.3, 0.4) is 0 Å². The lowest BCUT2D eigenvalue weighted by atomic mass is 9.33. The van der Waals surface area contributed by atoms with E-state index in [4.69, 9.17) is 4.42 Å². The molecular formula is C35H45N3O5. The molecule has 8 nitrogen and oxygen atoms in total. The first-order chi connectivity index (χ1) is 19.9. The van der Waals surface area contributed by atoms with Crippen molar-refractivity contribution in [3.63, 3.8) is 0 Å². The summed E-state index contributed by atoms with van der Waals surface area (Å²) >= 11 is 0. The van der Waals surface area contributed by atoms with Crippen molar-refractivity contribution < 1.29 is 23.9 Å². The van der Waals surface area contributed by atoms with Crippen LogP contribution in [0.25, 0.3) is 0 Å². The van der Waals surface area contributed by atoms with Gasteiger partial charge in [0.05, 0.1) is 18.3 Å². The van der Waals surface area contributed by atoms with Gasteiger partial charge in [0, 0.05) is 27.6 Å². The van der Waals surface area contributed by atoms with E-state index >= 15 is 0 Å². The number of aromatic nitrogens is 1. The molecular weight excluding hydrogens is 542 g/mol. The number of allylic oxidation sites excluding steroid dienone is 3. The van der Waals surface area contributed by atoms with Crippen LogP contribution in [0.2, 0.25) is 0 Å². The molecule has 0 bridgehead atoms. The fourth-order valence-corrected chi connectivity index (χ4v) is 10.7. The number of nitrogens with zero attached hydrogens (tertiary/aromatic N) is 2. The van der Waals surface area contributed by atoms with Gasteiger partial charge in [0.1, 0.15) is 17.4 Å². The number of fused-ring (bicyclic) bond motifs is 7. The Hall–Kier alpha value is -3.05. The highest BCUT2D eigenvalue weighted by molar-refractivity contribution is 6.05. The molecule has 0 unspecified atom stereocenters. The summed E-state index contributed by atoms with van der Waals surface area (Å²) in [5.74, 6) is -0.443. The Balaban J connectivity index is 1.43. The monoisotopic (exact) mass is 587 g/mol. The summed E-state index contributed by atoms with van der Waals surface area (Å²) in [7, 11) is 0. The summed E-state index contributed by atoms with van der Waals surface area (Å²) in [6, 6.07) is 2.14. The highest BCUT2D eigenvalue weighted by atomic mass is 16.3. The smallest absolute Gasteiger partial charge is 0.226 e. The quantitative estimate of drug-likeness (QED) is 0.469. The average Bonchev–Trinajstić information content (AvgIpc) is 3.48. The maximum absolute atomic E-state index is 14.6. The van der Waals surface area contributed by atoms with Crippen LogP contribution in [0.15, 0.2) is 40.3 Å². The standard InChI is InChI=1S/C35H45N3O5/c1-29(2)23-8-9-33(6)24(32(23,5)15-21(17-36)27(29)40)14-26(39)35(42)25-16-31(4,28(41)38-19-22-18-37-20-43-22)11-10-30(25,3)12-13-34(33,35)7/h14-15,18,20,23,25,42H,8-13,16,19H2,1-7H3,(H,38,41)/t23-,25+,30+,31-,32-,33+,34-,35+/m0/s1. The molecule has 1 heterocycles. The third kappa shape index (κ3) is 3.64. The van der Waals surface area contributed by atoms with Gasteiger partial charge in [-0.1, -0.05) is 54.5 Å². The lowest BCUT2D eigenvalue weighted by Crippen LogP contribution is -2.74. The third-order valence-electron chi connectivity index (χ3n) is 13.7. The van der Waals surface area contributed by atoms with Gasteiger partial charge in [-0.2, -0.15) is 5.26 Å². The molecule has 3 saturated carbocycles. The zero-order chi connectivity index (χ0) is 31.4. The van der Waals surface area contributed by atoms with Gasteiger partial charge in [0.25, 0.3) is 0 Å². The van der Waals surface area contributed by atoms with Gasteiger partial charge < -0.3 is 14.8 Å². The van der Waals surface area contributed by atoms with Gasteiger partial charge in [0.15, 0.2) is 18.0 Å². The molecule has 5 aliphatic carbocycles. The topological polar surface area (TPSA) is 133 Å². The minimum Gasteiger partial charge on any atom is -0.447 e. The second-order valence-electron chi connectivity index (χ2n) is 16.1. The molecule has 1 aromatic heterocycles. The molecule has 230 valence electrons. The predicted molar refractivity (Wildman–Crippen MR) is 159 cm³/mol. The zero-order valence-electron chi connectivity index (χ0n) is 26.6. The van der Waals surface area contributed by atoms with Crippen LogP contribution in [0.4, 0.5) is 0 Å². The first-order valence-corrected chi connectivity index (χ1v) is 15.8. The lowest BCUT2D eigenvalue weighted by molar-refractivity contribution is -0.242. The van der Waals surface area contributed by atoms with Crippen molar-refractivity contribution in [1.82, 2.24) is 10.3 Å². The third-order valence-corrected chi connectivity index (χ3v) is 13.7. The number of hydrogen-bond donors (Lipinski definition) is 2. The Kier molecular flexibility index (Phi) is 6.28. The van der Waals surface area contributed by atoms with Crippen LogP contribution in [0, 0.1) is 55.7 Å². The number of nitrogens with one attached hydrogen (secondary N) is 1. The average molecular weight is 588 g/mol. The Labute approximate surface area is 254 Å². The van der Waals surface area contributed by atoms with Crippen LogP contribution in [-0.2, 0) is 20.9 Å². The summed E-state index contributed by atoms with van der Waals surface area (Å²) in [5, 5.41) is 26.0. The van der Waals surface area contributed by atoms with E-state index in [-0.39, 0.29) is 40.9 Å². The minimum atomic E-state index is -1.66. The van der Waals surface area contributed by atoms with Crippen molar-refractivity contribution in [3.05, 3.63) is 41.6 Å². The summed E-state index contributed by atoms with van der Waals surface area (Å²) in [4.78, 5) is 45.5. The van der Waals surface area contributed by atoms with Crippen molar-refractivity contribution in [3.8, 4) is 6.07 Å². The number of nitriles is 1. The molecule has 43 heavy (non-hydrogen) atoms. The molecule has 0 radical (unpaired) electrons. The van der Waals surface area contributed by atoms with E-state index in [1.165, 1.54) is 6.39 Å². The van der Waals surface area contributed by atoms with Gasteiger partial charge in [-0.15, -0.1) is 0 Å². The van der Waals surface area contributed by atoms with Crippen LogP contribution in [0.1, 0.15) is 99.2 Å². The normalized spacial score (nSPS) is 44.9. The van der Waals surface area contributed by atoms with Crippen molar-refractivity contribution in [2.75, 3.05) is 0 Å². The molecule has 1 amide bonds. The molecule has 0 aliphatic heterocycles. The number of ketones is 2. The zero-order valence-corrected chi connectivity index (χ0v) is 26.6. The molecule has 0 saturated heterocycles. The fourth-order valence-electron chi connectivity index (χ4n) is 10.7. The maximum Gasteiger partial charge on any atom is 0.226 e. The number of rotatable bonds is 3. The number of hydrogen-bond acceptors (Lipinski definition) is 7. The highest BCUT2D eigenvalue weighted by Crippen LogP contribution is 2.75. The van der Waals surface area contributed by atoms with E-state index in [9.17, 15) is 24.8 Å². The van der Waals surface area contributed by atoms with Crippen molar-refractivity contribution in [1.29, 1.82) is 5.26 Å². The van der Waals surface area contributed by atoms with Gasteiger partial charge in [0.2, 0.25) is 5.91 Å². The second kappa shape index (κ2) is 9.00. The van der Waals surface area contributed by atoms with E-state index in [2.05, 4.69) is 44.1 Å². The van der Waals surface area contributed by atoms with Crippen LogP contribution in [-0.4, -0.2) is 33.2 Å². The predicted octanol–water partition coefficient (Wildman–Crippen LogP) is 5.63. The highest BCUT2D eigenvalue weighted by Gasteiger charge is 2.75. The largest absolute Gasteiger partial charge is 0.447 e. The molecule has 0 spiro atoms. The van der Waals surface area contributed by atoms with Crippen LogP contribution in [0.5, 0.6) is 0 Å². The molecule has 6 rings (SSSR count). The molecule has 5 aliphatic rings. The Bertz CT molecular complexity index is 1520. The number of carbonyl (C=O) groups is 3. The molecule has 8 heteroatoms. The van der Waals surface area contributed by atoms with Gasteiger partial charge in [-0.25, -0.2) is 4.98 Å².